The minimum atomic E-state index is 0.539. The van der Waals surface area contributed by atoms with Gasteiger partial charge in [0.15, 0.2) is 5.82 Å². The van der Waals surface area contributed by atoms with Crippen molar-refractivity contribution in [2.45, 2.75) is 26.2 Å². The van der Waals surface area contributed by atoms with E-state index in [1.54, 1.807) is 0 Å². The lowest BCUT2D eigenvalue weighted by Gasteiger charge is -2.18. The molecule has 11 rings (SSSR count). The lowest BCUT2D eigenvalue weighted by molar-refractivity contribution is 0.749. The van der Waals surface area contributed by atoms with Crippen LogP contribution in [0.2, 0.25) is 0 Å². The summed E-state index contributed by atoms with van der Waals surface area (Å²) in [5.41, 5.74) is 15.9. The summed E-state index contributed by atoms with van der Waals surface area (Å²) >= 11 is 0. The van der Waals surface area contributed by atoms with E-state index in [9.17, 15) is 0 Å². The molecule has 1 atom stereocenters. The SMILES string of the molecule is CC1C=CC=C(c2ccc(-c3cc(-c4cc(-n5c6c(c7ccccc75)CCC=C6)cc(-n5c6ccccc6c6ccccc65)c4)nc(-c4ccccc4)n3)cc2)C1. The van der Waals surface area contributed by atoms with Gasteiger partial charge in [0.1, 0.15) is 0 Å². The summed E-state index contributed by atoms with van der Waals surface area (Å²) in [6.07, 6.45) is 14.5. The van der Waals surface area contributed by atoms with E-state index in [-0.39, 0.29) is 0 Å². The highest BCUT2D eigenvalue weighted by Crippen LogP contribution is 2.39. The van der Waals surface area contributed by atoms with Gasteiger partial charge >= 0.3 is 0 Å². The van der Waals surface area contributed by atoms with Gasteiger partial charge in [0, 0.05) is 49.9 Å². The van der Waals surface area contributed by atoms with E-state index in [0.717, 1.165) is 58.7 Å². The fourth-order valence-electron chi connectivity index (χ4n) is 9.04. The Hall–Kier alpha value is -7.04. The fraction of sp³-hybridized carbons (Fsp3) is 0.0943. The zero-order chi connectivity index (χ0) is 37.9. The first-order valence-electron chi connectivity index (χ1n) is 20.0. The molecule has 0 spiro atoms. The highest BCUT2D eigenvalue weighted by atomic mass is 15.0. The fourth-order valence-corrected chi connectivity index (χ4v) is 9.04. The molecule has 0 amide bonds. The van der Waals surface area contributed by atoms with Gasteiger partial charge in [-0.3, -0.25) is 0 Å². The predicted molar refractivity (Wildman–Crippen MR) is 238 cm³/mol. The van der Waals surface area contributed by atoms with Gasteiger partial charge in [-0.15, -0.1) is 0 Å². The molecule has 0 saturated heterocycles. The molecule has 4 heteroatoms. The van der Waals surface area contributed by atoms with Crippen molar-refractivity contribution in [2.75, 3.05) is 0 Å². The van der Waals surface area contributed by atoms with E-state index < -0.39 is 0 Å². The number of aromatic nitrogens is 4. The molecule has 1 unspecified atom stereocenters. The van der Waals surface area contributed by atoms with Crippen molar-refractivity contribution < 1.29 is 0 Å². The topological polar surface area (TPSA) is 35.6 Å². The summed E-state index contributed by atoms with van der Waals surface area (Å²) in [7, 11) is 0. The zero-order valence-corrected chi connectivity index (χ0v) is 31.8. The Bertz CT molecular complexity index is 3050. The first-order valence-corrected chi connectivity index (χ1v) is 20.0. The van der Waals surface area contributed by atoms with E-state index in [4.69, 9.17) is 9.97 Å². The first-order chi connectivity index (χ1) is 28.2. The molecule has 4 nitrogen and oxygen atoms in total. The number of hydrogen-bond acceptors (Lipinski definition) is 2. The molecule has 2 aliphatic rings. The van der Waals surface area contributed by atoms with Crippen LogP contribution in [0, 0.1) is 5.92 Å². The first kappa shape index (κ1) is 33.3. The standard InChI is InChI=1S/C53H40N4/c1-35-14-13-17-39(30-35)36-26-28-37(29-27-36)47-34-48(55-53(54-47)38-15-3-2-4-16-38)40-31-41(56-49-22-9-5-18-43(49)44-19-6-10-23-50(44)56)33-42(32-40)57-51-24-11-7-20-45(51)46-21-8-12-25-52(46)57/h2-7,9-20,22-29,31-35H,8,21,30H2,1H3. The molecule has 0 aliphatic heterocycles. The number of rotatable bonds is 6. The average molecular weight is 733 g/mol. The van der Waals surface area contributed by atoms with Gasteiger partial charge in [-0.1, -0.05) is 140 Å². The second-order valence-electron chi connectivity index (χ2n) is 15.4. The highest BCUT2D eigenvalue weighted by Gasteiger charge is 2.21. The molecule has 2 aliphatic carbocycles. The summed E-state index contributed by atoms with van der Waals surface area (Å²) in [6.45, 7) is 2.28. The minimum absolute atomic E-state index is 0.539. The van der Waals surface area contributed by atoms with Crippen LogP contribution in [0.3, 0.4) is 0 Å². The summed E-state index contributed by atoms with van der Waals surface area (Å²) in [5, 5.41) is 3.79. The van der Waals surface area contributed by atoms with E-state index in [2.05, 4.69) is 192 Å². The van der Waals surface area contributed by atoms with Crippen molar-refractivity contribution in [3.05, 3.63) is 193 Å². The Morgan fingerprint density at radius 1 is 0.544 bits per heavy atom. The van der Waals surface area contributed by atoms with Crippen molar-refractivity contribution in [1.82, 2.24) is 19.1 Å². The Kier molecular flexibility index (Phi) is 7.95. The van der Waals surface area contributed by atoms with Gasteiger partial charge in [0.2, 0.25) is 0 Å². The van der Waals surface area contributed by atoms with Crippen molar-refractivity contribution in [3.63, 3.8) is 0 Å². The van der Waals surface area contributed by atoms with E-state index in [1.165, 1.54) is 55.1 Å². The predicted octanol–water partition coefficient (Wildman–Crippen LogP) is 13.5. The van der Waals surface area contributed by atoms with Gasteiger partial charge in [0.05, 0.1) is 27.9 Å². The number of fused-ring (bicyclic) bond motifs is 6. The van der Waals surface area contributed by atoms with Crippen molar-refractivity contribution in [1.29, 1.82) is 0 Å². The smallest absolute Gasteiger partial charge is 0.160 e. The summed E-state index contributed by atoms with van der Waals surface area (Å²) < 4.78 is 4.87. The van der Waals surface area contributed by atoms with Crippen molar-refractivity contribution >= 4 is 44.4 Å². The monoisotopic (exact) mass is 732 g/mol. The second kappa shape index (κ2) is 13.6. The maximum Gasteiger partial charge on any atom is 0.160 e. The Balaban J connectivity index is 1.16. The number of nitrogens with zero attached hydrogens (tertiary/aromatic N) is 4. The molecule has 272 valence electrons. The van der Waals surface area contributed by atoms with E-state index in [1.807, 2.05) is 6.07 Å². The molecule has 3 aromatic heterocycles. The summed E-state index contributed by atoms with van der Waals surface area (Å²) in [5.74, 6) is 1.24. The molecule has 0 N–H and O–H groups in total. The maximum absolute atomic E-state index is 5.36. The average Bonchev–Trinajstić information content (AvgIpc) is 3.80. The van der Waals surface area contributed by atoms with Crippen LogP contribution in [0.1, 0.15) is 36.6 Å². The van der Waals surface area contributed by atoms with Crippen LogP contribution in [0.25, 0.3) is 89.6 Å². The molecule has 3 heterocycles. The molecule has 57 heavy (non-hydrogen) atoms. The number of hydrogen-bond donors (Lipinski definition) is 0. The summed E-state index contributed by atoms with van der Waals surface area (Å²) in [4.78, 5) is 10.6. The van der Waals surface area contributed by atoms with Crippen LogP contribution in [-0.2, 0) is 6.42 Å². The molecule has 0 fully saturated rings. The maximum atomic E-state index is 5.36. The van der Waals surface area contributed by atoms with E-state index >= 15 is 0 Å². The molecule has 0 saturated carbocycles. The molecule has 6 aromatic carbocycles. The third-order valence-electron chi connectivity index (χ3n) is 11.7. The summed E-state index contributed by atoms with van der Waals surface area (Å²) in [6, 6.07) is 54.7. The van der Waals surface area contributed by atoms with Gasteiger partial charge in [-0.25, -0.2) is 9.97 Å². The molecule has 0 bridgehead atoms. The third-order valence-corrected chi connectivity index (χ3v) is 11.7. The van der Waals surface area contributed by atoms with E-state index in [0.29, 0.717) is 11.7 Å². The van der Waals surface area contributed by atoms with Crippen LogP contribution in [0.5, 0.6) is 0 Å². The Morgan fingerprint density at radius 3 is 1.84 bits per heavy atom. The number of para-hydroxylation sites is 3. The largest absolute Gasteiger partial charge is 0.309 e. The molecule has 0 radical (unpaired) electrons. The van der Waals surface area contributed by atoms with Crippen molar-refractivity contribution in [2.24, 2.45) is 5.92 Å². The normalized spacial score (nSPS) is 15.0. The zero-order valence-electron chi connectivity index (χ0n) is 31.8. The number of allylic oxidation sites excluding steroid dienone is 5. The van der Waals surface area contributed by atoms with Gasteiger partial charge in [-0.05, 0) is 90.4 Å². The van der Waals surface area contributed by atoms with Crippen LogP contribution in [-0.4, -0.2) is 19.1 Å². The minimum Gasteiger partial charge on any atom is -0.309 e. The van der Waals surface area contributed by atoms with Crippen LogP contribution in [0.4, 0.5) is 0 Å². The van der Waals surface area contributed by atoms with Crippen LogP contribution >= 0.6 is 0 Å². The second-order valence-corrected chi connectivity index (χ2v) is 15.4. The lowest BCUT2D eigenvalue weighted by Crippen LogP contribution is -2.04. The molecular weight excluding hydrogens is 693 g/mol. The number of benzene rings is 6. The lowest BCUT2D eigenvalue weighted by atomic mass is 9.90. The quantitative estimate of drug-likeness (QED) is 0.171. The van der Waals surface area contributed by atoms with Gasteiger partial charge in [0.25, 0.3) is 0 Å². The molecule has 9 aromatic rings. The Labute approximate surface area is 332 Å². The van der Waals surface area contributed by atoms with Crippen molar-refractivity contribution in [3.8, 4) is 45.3 Å². The molecular formula is C53H40N4. The van der Waals surface area contributed by atoms with Crippen LogP contribution in [0.15, 0.2) is 176 Å². The highest BCUT2D eigenvalue weighted by molar-refractivity contribution is 6.09. The van der Waals surface area contributed by atoms with Crippen LogP contribution < -0.4 is 0 Å². The Morgan fingerprint density at radius 2 is 1.14 bits per heavy atom. The van der Waals surface area contributed by atoms with Gasteiger partial charge in [-0.2, -0.15) is 0 Å². The van der Waals surface area contributed by atoms with Gasteiger partial charge < -0.3 is 9.13 Å². The number of aryl methyl sites for hydroxylation is 1. The third kappa shape index (κ3) is 5.76.